The maximum Gasteiger partial charge on any atom is 0.133 e. The quantitative estimate of drug-likeness (QED) is 0.899. The number of anilines is 1. The summed E-state index contributed by atoms with van der Waals surface area (Å²) < 4.78 is 1.06. The van der Waals surface area contributed by atoms with E-state index < -0.39 is 0 Å². The van der Waals surface area contributed by atoms with E-state index in [1.807, 2.05) is 6.20 Å². The van der Waals surface area contributed by atoms with Gasteiger partial charge in [-0.2, -0.15) is 0 Å². The average Bonchev–Trinajstić information content (AvgIpc) is 2.39. The maximum atomic E-state index is 4.70. The summed E-state index contributed by atoms with van der Waals surface area (Å²) in [5.74, 6) is 1.91. The van der Waals surface area contributed by atoms with Gasteiger partial charge in [-0.05, 0) is 47.7 Å². The first-order valence-electron chi connectivity index (χ1n) is 7.61. The van der Waals surface area contributed by atoms with Crippen LogP contribution in [-0.2, 0) is 6.54 Å². The Morgan fingerprint density at radius 3 is 2.85 bits per heavy atom. The topological polar surface area (TPSA) is 28.2 Å². The molecule has 1 N–H and O–H groups in total. The van der Waals surface area contributed by atoms with Crippen molar-refractivity contribution >= 4 is 21.7 Å². The second-order valence-electron chi connectivity index (χ2n) is 6.36. The van der Waals surface area contributed by atoms with E-state index in [0.29, 0.717) is 12.1 Å². The van der Waals surface area contributed by atoms with Gasteiger partial charge in [0.1, 0.15) is 5.82 Å². The molecule has 1 aromatic heterocycles. The van der Waals surface area contributed by atoms with Crippen molar-refractivity contribution in [2.75, 3.05) is 11.4 Å². The van der Waals surface area contributed by atoms with Crippen molar-refractivity contribution < 1.29 is 0 Å². The molecule has 2 rings (SSSR count). The Morgan fingerprint density at radius 2 is 2.15 bits per heavy atom. The average molecular weight is 340 g/mol. The molecule has 1 aliphatic heterocycles. The monoisotopic (exact) mass is 339 g/mol. The molecule has 1 aromatic rings. The lowest BCUT2D eigenvalue weighted by Crippen LogP contribution is -2.42. The molecule has 20 heavy (non-hydrogen) atoms. The van der Waals surface area contributed by atoms with Crippen molar-refractivity contribution in [3.8, 4) is 0 Å². The van der Waals surface area contributed by atoms with Crippen molar-refractivity contribution in [1.82, 2.24) is 10.3 Å². The Hall–Kier alpha value is -0.610. The molecule has 0 amide bonds. The Labute approximate surface area is 131 Å². The third-order valence-corrected chi connectivity index (χ3v) is 4.43. The van der Waals surface area contributed by atoms with Crippen LogP contribution in [0, 0.1) is 5.92 Å². The Balaban J connectivity index is 2.24. The summed E-state index contributed by atoms with van der Waals surface area (Å²) in [6.07, 6.45) is 4.50. The molecule has 2 heterocycles. The van der Waals surface area contributed by atoms with Crippen LogP contribution in [0.15, 0.2) is 16.7 Å². The first kappa shape index (κ1) is 15.8. The summed E-state index contributed by atoms with van der Waals surface area (Å²) in [5.41, 5.74) is 1.29. The van der Waals surface area contributed by atoms with Crippen molar-refractivity contribution in [3.05, 3.63) is 22.3 Å². The number of piperidine rings is 1. The van der Waals surface area contributed by atoms with Crippen LogP contribution in [0.1, 0.15) is 46.1 Å². The molecule has 1 fully saturated rings. The molecule has 1 aliphatic rings. The molecule has 0 bridgehead atoms. The third kappa shape index (κ3) is 3.95. The molecular weight excluding hydrogens is 314 g/mol. The van der Waals surface area contributed by atoms with Crippen LogP contribution < -0.4 is 10.2 Å². The number of hydrogen-bond acceptors (Lipinski definition) is 3. The Morgan fingerprint density at radius 1 is 1.40 bits per heavy atom. The van der Waals surface area contributed by atoms with Gasteiger partial charge in [-0.3, -0.25) is 0 Å². The van der Waals surface area contributed by atoms with Crippen LogP contribution in [0.25, 0.3) is 0 Å². The standard InChI is InChI=1S/C16H26BrN3/c1-11(2)18-8-14-7-15(17)9-19-16(14)20-10-12(3)5-6-13(20)4/h7,9,11-13,18H,5-6,8,10H2,1-4H3. The number of halogens is 1. The summed E-state index contributed by atoms with van der Waals surface area (Å²) >= 11 is 3.55. The van der Waals surface area contributed by atoms with Crippen LogP contribution in [0.4, 0.5) is 5.82 Å². The zero-order valence-electron chi connectivity index (χ0n) is 13.0. The molecule has 2 atom stereocenters. The highest BCUT2D eigenvalue weighted by molar-refractivity contribution is 9.10. The summed E-state index contributed by atoms with van der Waals surface area (Å²) in [6, 6.07) is 3.26. The van der Waals surface area contributed by atoms with Gasteiger partial charge in [0.2, 0.25) is 0 Å². The fourth-order valence-electron chi connectivity index (χ4n) is 2.76. The summed E-state index contributed by atoms with van der Waals surface area (Å²) in [7, 11) is 0. The zero-order valence-corrected chi connectivity index (χ0v) is 14.6. The van der Waals surface area contributed by atoms with Gasteiger partial charge in [0.25, 0.3) is 0 Å². The van der Waals surface area contributed by atoms with Gasteiger partial charge in [-0.25, -0.2) is 4.98 Å². The number of pyridine rings is 1. The van der Waals surface area contributed by atoms with E-state index in [-0.39, 0.29) is 0 Å². The minimum absolute atomic E-state index is 0.486. The lowest BCUT2D eigenvalue weighted by Gasteiger charge is -2.38. The number of aromatic nitrogens is 1. The molecule has 0 aliphatic carbocycles. The van der Waals surface area contributed by atoms with E-state index in [9.17, 15) is 0 Å². The molecule has 0 aromatic carbocycles. The molecule has 0 saturated carbocycles. The van der Waals surface area contributed by atoms with Gasteiger partial charge in [0.15, 0.2) is 0 Å². The zero-order chi connectivity index (χ0) is 14.7. The predicted molar refractivity (Wildman–Crippen MR) is 89.1 cm³/mol. The van der Waals surface area contributed by atoms with E-state index in [1.54, 1.807) is 0 Å². The van der Waals surface area contributed by atoms with Gasteiger partial charge >= 0.3 is 0 Å². The smallest absolute Gasteiger partial charge is 0.133 e. The Kier molecular flexibility index (Phi) is 5.44. The fourth-order valence-corrected chi connectivity index (χ4v) is 3.14. The molecule has 0 spiro atoms. The van der Waals surface area contributed by atoms with Gasteiger partial charge in [-0.1, -0.05) is 20.8 Å². The first-order chi connectivity index (χ1) is 9.47. The summed E-state index contributed by atoms with van der Waals surface area (Å²) in [4.78, 5) is 7.19. The lowest BCUT2D eigenvalue weighted by atomic mass is 9.94. The van der Waals surface area contributed by atoms with E-state index in [4.69, 9.17) is 4.98 Å². The van der Waals surface area contributed by atoms with E-state index >= 15 is 0 Å². The third-order valence-electron chi connectivity index (χ3n) is 4.00. The van der Waals surface area contributed by atoms with E-state index in [1.165, 1.54) is 18.4 Å². The van der Waals surface area contributed by atoms with Crippen molar-refractivity contribution in [2.45, 2.75) is 59.2 Å². The fraction of sp³-hybridized carbons (Fsp3) is 0.688. The highest BCUT2D eigenvalue weighted by Gasteiger charge is 2.25. The van der Waals surface area contributed by atoms with Crippen LogP contribution in [0.2, 0.25) is 0 Å². The highest BCUT2D eigenvalue weighted by atomic mass is 79.9. The molecular formula is C16H26BrN3. The minimum atomic E-state index is 0.486. The van der Waals surface area contributed by atoms with Gasteiger partial charge < -0.3 is 10.2 Å². The van der Waals surface area contributed by atoms with Crippen molar-refractivity contribution in [1.29, 1.82) is 0 Å². The predicted octanol–water partition coefficient (Wildman–Crippen LogP) is 3.97. The number of rotatable bonds is 4. The largest absolute Gasteiger partial charge is 0.353 e. The van der Waals surface area contributed by atoms with Crippen LogP contribution >= 0.6 is 15.9 Å². The van der Waals surface area contributed by atoms with Crippen molar-refractivity contribution in [3.63, 3.8) is 0 Å². The van der Waals surface area contributed by atoms with Gasteiger partial charge in [0, 0.05) is 41.4 Å². The minimum Gasteiger partial charge on any atom is -0.353 e. The van der Waals surface area contributed by atoms with Crippen LogP contribution in [-0.4, -0.2) is 23.6 Å². The molecule has 1 saturated heterocycles. The first-order valence-corrected chi connectivity index (χ1v) is 8.41. The van der Waals surface area contributed by atoms with Crippen molar-refractivity contribution in [2.24, 2.45) is 5.92 Å². The van der Waals surface area contributed by atoms with Crippen LogP contribution in [0.3, 0.4) is 0 Å². The maximum absolute atomic E-state index is 4.70. The van der Waals surface area contributed by atoms with E-state index in [2.05, 4.69) is 59.9 Å². The van der Waals surface area contributed by atoms with E-state index in [0.717, 1.165) is 29.3 Å². The molecule has 2 unspecified atom stereocenters. The van der Waals surface area contributed by atoms with Gasteiger partial charge in [0.05, 0.1) is 0 Å². The molecule has 112 valence electrons. The second kappa shape index (κ2) is 6.90. The SMILES string of the molecule is CC1CCC(C)N(c2ncc(Br)cc2CNC(C)C)C1. The molecule has 0 radical (unpaired) electrons. The molecule has 3 nitrogen and oxygen atoms in total. The highest BCUT2D eigenvalue weighted by Crippen LogP contribution is 2.29. The summed E-state index contributed by atoms with van der Waals surface area (Å²) in [5, 5.41) is 3.51. The normalized spacial score (nSPS) is 23.4. The summed E-state index contributed by atoms with van der Waals surface area (Å²) in [6.45, 7) is 11.0. The van der Waals surface area contributed by atoms with Crippen LogP contribution in [0.5, 0.6) is 0 Å². The lowest BCUT2D eigenvalue weighted by molar-refractivity contribution is 0.387. The van der Waals surface area contributed by atoms with Gasteiger partial charge in [-0.15, -0.1) is 0 Å². The number of hydrogen-bond donors (Lipinski definition) is 1. The number of nitrogens with one attached hydrogen (secondary N) is 1. The Bertz CT molecular complexity index is 447. The molecule has 4 heteroatoms. The second-order valence-corrected chi connectivity index (χ2v) is 7.27. The number of nitrogens with zero attached hydrogens (tertiary/aromatic N) is 2.